The smallest absolute Gasteiger partial charge is 0.335 e. The summed E-state index contributed by atoms with van der Waals surface area (Å²) >= 11 is 6.97. The fourth-order valence-electron chi connectivity index (χ4n) is 3.64. The molecule has 2 aromatic rings. The van der Waals surface area contributed by atoms with Gasteiger partial charge in [0.05, 0.1) is 26.2 Å². The molecule has 1 saturated heterocycles. The number of carbonyl (C=O) groups is 3. The highest BCUT2D eigenvalue weighted by molar-refractivity contribution is 9.11. The topological polar surface area (TPSA) is 119 Å². The maximum atomic E-state index is 13.1. The molecule has 2 aromatic carbocycles. The average molecular weight is 623 g/mol. The summed E-state index contributed by atoms with van der Waals surface area (Å²) < 4.78 is 7.20. The number of barbiturate groups is 1. The first-order valence-corrected chi connectivity index (χ1v) is 13.1. The second-order valence-corrected chi connectivity index (χ2v) is 9.87. The Morgan fingerprint density at radius 2 is 1.61 bits per heavy atom. The summed E-state index contributed by atoms with van der Waals surface area (Å²) in [7, 11) is 0. The number of nitrogens with one attached hydrogen (secondary N) is 1. The Balaban J connectivity index is 1.76. The SMILES string of the molecule is CCCCCCCCOc1c(Br)cc(/C=C2/C(=O)NC(=O)N(c3ccc([N+](=O)[O-])cc3)C2=O)cc1Br. The van der Waals surface area contributed by atoms with Gasteiger partial charge in [-0.15, -0.1) is 0 Å². The lowest BCUT2D eigenvalue weighted by Gasteiger charge is -2.26. The zero-order valence-corrected chi connectivity index (χ0v) is 22.8. The number of amides is 4. The largest absolute Gasteiger partial charge is 0.491 e. The molecule has 3 rings (SSSR count). The van der Waals surface area contributed by atoms with E-state index in [1.807, 2.05) is 0 Å². The van der Waals surface area contributed by atoms with Gasteiger partial charge in [-0.1, -0.05) is 39.0 Å². The number of nitro groups is 1. The highest BCUT2D eigenvalue weighted by atomic mass is 79.9. The van der Waals surface area contributed by atoms with Gasteiger partial charge in [0, 0.05) is 12.1 Å². The number of hydrogen-bond donors (Lipinski definition) is 1. The van der Waals surface area contributed by atoms with Gasteiger partial charge in [-0.25, -0.2) is 9.69 Å². The van der Waals surface area contributed by atoms with Gasteiger partial charge in [-0.05, 0) is 74.2 Å². The van der Waals surface area contributed by atoms with Crippen LogP contribution >= 0.6 is 31.9 Å². The number of anilines is 1. The van der Waals surface area contributed by atoms with E-state index in [4.69, 9.17) is 4.74 Å². The van der Waals surface area contributed by atoms with Crippen molar-refractivity contribution in [3.05, 3.63) is 66.6 Å². The Hall–Kier alpha value is -3.05. The summed E-state index contributed by atoms with van der Waals surface area (Å²) in [6, 6.07) is 7.38. The molecule has 0 atom stereocenters. The molecule has 0 spiro atoms. The lowest BCUT2D eigenvalue weighted by atomic mass is 10.1. The first-order chi connectivity index (χ1) is 17.2. The minimum atomic E-state index is -0.934. The minimum Gasteiger partial charge on any atom is -0.491 e. The summed E-state index contributed by atoms with van der Waals surface area (Å²) in [5.74, 6) is -1.06. The van der Waals surface area contributed by atoms with Crippen LogP contribution in [-0.2, 0) is 9.59 Å². The van der Waals surface area contributed by atoms with Gasteiger partial charge in [-0.3, -0.25) is 25.0 Å². The third-order valence-electron chi connectivity index (χ3n) is 5.50. The molecule has 11 heteroatoms. The number of benzene rings is 2. The molecule has 1 heterocycles. The molecule has 36 heavy (non-hydrogen) atoms. The quantitative estimate of drug-likeness (QED) is 0.100. The van der Waals surface area contributed by atoms with E-state index in [2.05, 4.69) is 44.1 Å². The van der Waals surface area contributed by atoms with Crippen molar-refractivity contribution in [2.75, 3.05) is 11.5 Å². The molecule has 9 nitrogen and oxygen atoms in total. The van der Waals surface area contributed by atoms with Crippen LogP contribution in [0.5, 0.6) is 5.75 Å². The maximum Gasteiger partial charge on any atom is 0.335 e. The Morgan fingerprint density at radius 1 is 1.00 bits per heavy atom. The summed E-state index contributed by atoms with van der Waals surface area (Å²) in [5, 5.41) is 13.0. The maximum absolute atomic E-state index is 13.1. The molecule has 0 radical (unpaired) electrons. The van der Waals surface area contributed by atoms with E-state index < -0.39 is 22.8 Å². The Kier molecular flexibility index (Phi) is 9.77. The highest BCUT2D eigenvalue weighted by Gasteiger charge is 2.37. The van der Waals surface area contributed by atoms with Crippen LogP contribution in [0.25, 0.3) is 6.08 Å². The van der Waals surface area contributed by atoms with Crippen LogP contribution < -0.4 is 15.0 Å². The van der Waals surface area contributed by atoms with Gasteiger partial charge in [0.2, 0.25) is 0 Å². The van der Waals surface area contributed by atoms with Gasteiger partial charge in [0.25, 0.3) is 17.5 Å². The van der Waals surface area contributed by atoms with E-state index in [1.165, 1.54) is 56.0 Å². The minimum absolute atomic E-state index is 0.0994. The number of nitro benzene ring substituents is 1. The Labute approximate surface area is 225 Å². The van der Waals surface area contributed by atoms with Crippen LogP contribution in [0.4, 0.5) is 16.2 Å². The normalized spacial score (nSPS) is 14.8. The van der Waals surface area contributed by atoms with Crippen molar-refractivity contribution in [2.24, 2.45) is 0 Å². The Bertz CT molecular complexity index is 1170. The summed E-state index contributed by atoms with van der Waals surface area (Å²) in [4.78, 5) is 49.0. The number of carbonyl (C=O) groups excluding carboxylic acids is 3. The third-order valence-corrected chi connectivity index (χ3v) is 6.67. The van der Waals surface area contributed by atoms with Gasteiger partial charge in [0.15, 0.2) is 0 Å². The predicted octanol–water partition coefficient (Wildman–Crippen LogP) is 6.53. The zero-order chi connectivity index (χ0) is 26.2. The molecule has 1 aliphatic rings. The number of hydrogen-bond acceptors (Lipinski definition) is 6. The summed E-state index contributed by atoms with van der Waals surface area (Å²) in [6.07, 6.45) is 8.27. The molecule has 1 N–H and O–H groups in total. The van der Waals surface area contributed by atoms with E-state index in [0.717, 1.165) is 17.7 Å². The highest BCUT2D eigenvalue weighted by Crippen LogP contribution is 2.36. The molecule has 0 aliphatic carbocycles. The molecule has 1 fully saturated rings. The Morgan fingerprint density at radius 3 is 2.22 bits per heavy atom. The number of urea groups is 1. The van der Waals surface area contributed by atoms with E-state index in [0.29, 0.717) is 26.9 Å². The first-order valence-electron chi connectivity index (χ1n) is 11.5. The van der Waals surface area contributed by atoms with Crippen LogP contribution in [0.1, 0.15) is 51.0 Å². The summed E-state index contributed by atoms with van der Waals surface area (Å²) in [5.41, 5.74) is 0.177. The number of imide groups is 2. The van der Waals surface area contributed by atoms with Gasteiger partial charge < -0.3 is 4.74 Å². The number of ether oxygens (including phenoxy) is 1. The van der Waals surface area contributed by atoms with Crippen LogP contribution in [0.2, 0.25) is 0 Å². The van der Waals surface area contributed by atoms with Crippen LogP contribution in [0.3, 0.4) is 0 Å². The summed E-state index contributed by atoms with van der Waals surface area (Å²) in [6.45, 7) is 2.75. The number of nitrogens with zero attached hydrogens (tertiary/aromatic N) is 2. The molecule has 0 unspecified atom stereocenters. The van der Waals surface area contributed by atoms with Crippen LogP contribution in [0, 0.1) is 10.1 Å². The second-order valence-electron chi connectivity index (χ2n) is 8.16. The number of unbranched alkanes of at least 4 members (excludes halogenated alkanes) is 5. The van der Waals surface area contributed by atoms with Crippen LogP contribution in [0.15, 0.2) is 50.9 Å². The molecule has 0 saturated carbocycles. The second kappa shape index (κ2) is 12.8. The molecule has 190 valence electrons. The van der Waals surface area contributed by atoms with Crippen molar-refractivity contribution in [3.63, 3.8) is 0 Å². The van der Waals surface area contributed by atoms with Crippen LogP contribution in [-0.4, -0.2) is 29.4 Å². The van der Waals surface area contributed by atoms with Crippen molar-refractivity contribution in [1.29, 1.82) is 0 Å². The molecule has 0 bridgehead atoms. The standard InChI is InChI=1S/C25H25Br2N3O6/c1-2-3-4-5-6-7-12-36-22-20(26)14-16(15-21(22)27)13-19-23(31)28-25(33)29(24(19)32)17-8-10-18(11-9-17)30(34)35/h8-11,13-15H,2-7,12H2,1H3,(H,28,31,33)/b19-13-. The zero-order valence-electron chi connectivity index (χ0n) is 19.6. The molecule has 1 aliphatic heterocycles. The van der Waals surface area contributed by atoms with Crippen molar-refractivity contribution >= 4 is 67.2 Å². The lowest BCUT2D eigenvalue weighted by Crippen LogP contribution is -2.54. The van der Waals surface area contributed by atoms with E-state index in [-0.39, 0.29) is 16.9 Å². The van der Waals surface area contributed by atoms with Gasteiger partial charge in [-0.2, -0.15) is 0 Å². The van der Waals surface area contributed by atoms with E-state index in [1.54, 1.807) is 12.1 Å². The molecular formula is C25H25Br2N3O6. The number of halogens is 2. The molecular weight excluding hydrogens is 598 g/mol. The first kappa shape index (κ1) is 27.5. The van der Waals surface area contributed by atoms with Crippen molar-refractivity contribution < 1.29 is 24.0 Å². The predicted molar refractivity (Wildman–Crippen MR) is 143 cm³/mol. The number of rotatable bonds is 11. The van der Waals surface area contributed by atoms with Crippen molar-refractivity contribution in [3.8, 4) is 5.75 Å². The average Bonchev–Trinajstić information content (AvgIpc) is 2.83. The lowest BCUT2D eigenvalue weighted by molar-refractivity contribution is -0.384. The third kappa shape index (κ3) is 6.79. The van der Waals surface area contributed by atoms with E-state index >= 15 is 0 Å². The fourth-order valence-corrected chi connectivity index (χ4v) is 5.09. The fraction of sp³-hybridized carbons (Fsp3) is 0.320. The number of non-ortho nitro benzene ring substituents is 1. The molecule has 0 aromatic heterocycles. The molecule has 4 amide bonds. The van der Waals surface area contributed by atoms with Gasteiger partial charge >= 0.3 is 6.03 Å². The van der Waals surface area contributed by atoms with Crippen molar-refractivity contribution in [1.82, 2.24) is 5.32 Å². The van der Waals surface area contributed by atoms with Crippen molar-refractivity contribution in [2.45, 2.75) is 45.4 Å². The van der Waals surface area contributed by atoms with E-state index in [9.17, 15) is 24.5 Å². The van der Waals surface area contributed by atoms with Gasteiger partial charge in [0.1, 0.15) is 11.3 Å². The monoisotopic (exact) mass is 621 g/mol.